The number of anilines is 1. The first kappa shape index (κ1) is 17.3. The number of carbonyl (C=O) groups excluding carboxylic acids is 1. The molecule has 0 bridgehead atoms. The summed E-state index contributed by atoms with van der Waals surface area (Å²) in [4.78, 5) is 14.5. The maximum Gasteiger partial charge on any atom is 0.251 e. The molecule has 1 amide bonds. The van der Waals surface area contributed by atoms with E-state index in [2.05, 4.69) is 34.5 Å². The van der Waals surface area contributed by atoms with Crippen LogP contribution in [-0.2, 0) is 11.3 Å². The lowest BCUT2D eigenvalue weighted by molar-refractivity contribution is 0.0951. The van der Waals surface area contributed by atoms with Crippen molar-refractivity contribution in [2.45, 2.75) is 13.5 Å². The van der Waals surface area contributed by atoms with Gasteiger partial charge in [0.1, 0.15) is 5.75 Å². The standard InChI is InChI=1S/C20H24N2O3/c1-2-25-19-9-5-17(6-10-19)20(23)21-15-16-3-7-18(8-4-16)22-11-13-24-14-12-22/h3-10H,2,11-15H2,1H3,(H,21,23). The number of carbonyl (C=O) groups is 1. The van der Waals surface area contributed by atoms with Crippen LogP contribution in [0.25, 0.3) is 0 Å². The molecule has 0 saturated carbocycles. The predicted molar refractivity (Wildman–Crippen MR) is 98.3 cm³/mol. The van der Waals surface area contributed by atoms with E-state index in [1.54, 1.807) is 12.1 Å². The lowest BCUT2D eigenvalue weighted by Crippen LogP contribution is -2.36. The van der Waals surface area contributed by atoms with E-state index in [9.17, 15) is 4.79 Å². The summed E-state index contributed by atoms with van der Waals surface area (Å²) in [5.74, 6) is 0.693. The van der Waals surface area contributed by atoms with Crippen LogP contribution in [0.2, 0.25) is 0 Å². The molecule has 0 atom stereocenters. The average molecular weight is 340 g/mol. The van der Waals surface area contributed by atoms with Gasteiger partial charge in [-0.2, -0.15) is 0 Å². The largest absolute Gasteiger partial charge is 0.494 e. The second-order valence-electron chi connectivity index (χ2n) is 5.91. The number of ether oxygens (including phenoxy) is 2. The minimum atomic E-state index is -0.0831. The van der Waals surface area contributed by atoms with Gasteiger partial charge in [-0.1, -0.05) is 12.1 Å². The SMILES string of the molecule is CCOc1ccc(C(=O)NCc2ccc(N3CCOCC3)cc2)cc1. The van der Waals surface area contributed by atoms with Gasteiger partial charge < -0.3 is 19.7 Å². The van der Waals surface area contributed by atoms with Crippen molar-refractivity contribution in [3.8, 4) is 5.75 Å². The Morgan fingerprint density at radius 1 is 1.08 bits per heavy atom. The Morgan fingerprint density at radius 3 is 2.40 bits per heavy atom. The van der Waals surface area contributed by atoms with Gasteiger partial charge in [-0.05, 0) is 48.9 Å². The Hall–Kier alpha value is -2.53. The maximum atomic E-state index is 12.2. The molecule has 0 unspecified atom stereocenters. The van der Waals surface area contributed by atoms with Crippen molar-refractivity contribution >= 4 is 11.6 Å². The summed E-state index contributed by atoms with van der Waals surface area (Å²) in [7, 11) is 0. The average Bonchev–Trinajstić information content (AvgIpc) is 2.68. The minimum Gasteiger partial charge on any atom is -0.494 e. The number of hydrogen-bond donors (Lipinski definition) is 1. The molecule has 0 spiro atoms. The molecule has 1 heterocycles. The highest BCUT2D eigenvalue weighted by Crippen LogP contribution is 2.17. The Balaban J connectivity index is 1.53. The Morgan fingerprint density at radius 2 is 1.76 bits per heavy atom. The number of hydrogen-bond acceptors (Lipinski definition) is 4. The third kappa shape index (κ3) is 4.73. The van der Waals surface area contributed by atoms with Crippen LogP contribution in [-0.4, -0.2) is 38.8 Å². The second kappa shape index (κ2) is 8.53. The van der Waals surface area contributed by atoms with Crippen LogP contribution in [0, 0.1) is 0 Å². The number of amides is 1. The molecular weight excluding hydrogens is 316 g/mol. The lowest BCUT2D eigenvalue weighted by atomic mass is 10.1. The van der Waals surface area contributed by atoms with Gasteiger partial charge in [0.15, 0.2) is 0 Å². The molecule has 25 heavy (non-hydrogen) atoms. The summed E-state index contributed by atoms with van der Waals surface area (Å²) in [6, 6.07) is 15.5. The van der Waals surface area contributed by atoms with Crippen molar-refractivity contribution in [1.82, 2.24) is 5.32 Å². The molecule has 5 nitrogen and oxygen atoms in total. The van der Waals surface area contributed by atoms with Gasteiger partial charge in [-0.3, -0.25) is 4.79 Å². The zero-order valence-electron chi connectivity index (χ0n) is 14.5. The number of nitrogens with zero attached hydrogens (tertiary/aromatic N) is 1. The molecule has 3 rings (SSSR count). The molecule has 1 aliphatic rings. The summed E-state index contributed by atoms with van der Waals surface area (Å²) in [6.45, 7) is 6.47. The first-order chi connectivity index (χ1) is 12.3. The van der Waals surface area contributed by atoms with E-state index in [0.29, 0.717) is 18.7 Å². The van der Waals surface area contributed by atoms with Crippen molar-refractivity contribution in [2.75, 3.05) is 37.8 Å². The van der Waals surface area contributed by atoms with E-state index >= 15 is 0 Å². The fourth-order valence-corrected chi connectivity index (χ4v) is 2.80. The molecule has 1 aliphatic heterocycles. The Kier molecular flexibility index (Phi) is 5.90. The highest BCUT2D eigenvalue weighted by atomic mass is 16.5. The second-order valence-corrected chi connectivity index (χ2v) is 5.91. The van der Waals surface area contributed by atoms with Crippen molar-refractivity contribution in [3.05, 3.63) is 59.7 Å². The van der Waals surface area contributed by atoms with Crippen molar-refractivity contribution in [2.24, 2.45) is 0 Å². The summed E-state index contributed by atoms with van der Waals surface area (Å²) < 4.78 is 10.8. The number of morpholine rings is 1. The predicted octanol–water partition coefficient (Wildman–Crippen LogP) is 2.85. The van der Waals surface area contributed by atoms with Gasteiger partial charge in [0.25, 0.3) is 5.91 Å². The van der Waals surface area contributed by atoms with Gasteiger partial charge in [-0.25, -0.2) is 0 Å². The first-order valence-corrected chi connectivity index (χ1v) is 8.69. The highest BCUT2D eigenvalue weighted by molar-refractivity contribution is 5.94. The molecule has 1 N–H and O–H groups in total. The van der Waals surface area contributed by atoms with E-state index in [0.717, 1.165) is 37.6 Å². The summed E-state index contributed by atoms with van der Waals surface area (Å²) in [5.41, 5.74) is 2.91. The van der Waals surface area contributed by atoms with E-state index in [4.69, 9.17) is 9.47 Å². The Labute approximate surface area is 148 Å². The maximum absolute atomic E-state index is 12.2. The molecule has 132 valence electrons. The van der Waals surface area contributed by atoms with E-state index in [1.807, 2.05) is 19.1 Å². The normalized spacial score (nSPS) is 14.2. The van der Waals surface area contributed by atoms with Gasteiger partial charge in [0.2, 0.25) is 0 Å². The van der Waals surface area contributed by atoms with E-state index < -0.39 is 0 Å². The third-order valence-electron chi connectivity index (χ3n) is 4.19. The fraction of sp³-hybridized carbons (Fsp3) is 0.350. The number of rotatable bonds is 6. The first-order valence-electron chi connectivity index (χ1n) is 8.69. The summed E-state index contributed by atoms with van der Waals surface area (Å²) in [6.07, 6.45) is 0. The van der Waals surface area contributed by atoms with Crippen LogP contribution >= 0.6 is 0 Å². The smallest absolute Gasteiger partial charge is 0.251 e. The quantitative estimate of drug-likeness (QED) is 0.878. The molecule has 1 fully saturated rings. The summed E-state index contributed by atoms with van der Waals surface area (Å²) in [5, 5.41) is 2.95. The third-order valence-corrected chi connectivity index (χ3v) is 4.19. The van der Waals surface area contributed by atoms with Crippen LogP contribution < -0.4 is 15.0 Å². The van der Waals surface area contributed by atoms with Crippen LogP contribution in [0.4, 0.5) is 5.69 Å². The fourth-order valence-electron chi connectivity index (χ4n) is 2.80. The van der Waals surface area contributed by atoms with E-state index in [-0.39, 0.29) is 5.91 Å². The highest BCUT2D eigenvalue weighted by Gasteiger charge is 2.11. The minimum absolute atomic E-state index is 0.0831. The van der Waals surface area contributed by atoms with Crippen LogP contribution in [0.3, 0.4) is 0 Å². The summed E-state index contributed by atoms with van der Waals surface area (Å²) >= 11 is 0. The van der Waals surface area contributed by atoms with Crippen molar-refractivity contribution in [1.29, 1.82) is 0 Å². The zero-order chi connectivity index (χ0) is 17.5. The zero-order valence-corrected chi connectivity index (χ0v) is 14.5. The van der Waals surface area contributed by atoms with Crippen molar-refractivity contribution < 1.29 is 14.3 Å². The molecule has 5 heteroatoms. The van der Waals surface area contributed by atoms with Gasteiger partial charge in [-0.15, -0.1) is 0 Å². The monoisotopic (exact) mass is 340 g/mol. The topological polar surface area (TPSA) is 50.8 Å². The Bertz CT molecular complexity index is 677. The number of benzene rings is 2. The molecule has 2 aromatic rings. The van der Waals surface area contributed by atoms with Gasteiger partial charge in [0.05, 0.1) is 19.8 Å². The molecule has 0 aliphatic carbocycles. The molecule has 1 saturated heterocycles. The van der Waals surface area contributed by atoms with Crippen LogP contribution in [0.1, 0.15) is 22.8 Å². The van der Waals surface area contributed by atoms with Gasteiger partial charge >= 0.3 is 0 Å². The molecule has 0 aromatic heterocycles. The lowest BCUT2D eigenvalue weighted by Gasteiger charge is -2.28. The van der Waals surface area contributed by atoms with Gasteiger partial charge in [0, 0.05) is 30.9 Å². The van der Waals surface area contributed by atoms with Crippen molar-refractivity contribution in [3.63, 3.8) is 0 Å². The van der Waals surface area contributed by atoms with Crippen LogP contribution in [0.15, 0.2) is 48.5 Å². The number of nitrogens with one attached hydrogen (secondary N) is 1. The van der Waals surface area contributed by atoms with E-state index in [1.165, 1.54) is 5.69 Å². The molecular formula is C20H24N2O3. The molecule has 2 aromatic carbocycles. The van der Waals surface area contributed by atoms with Crippen LogP contribution in [0.5, 0.6) is 5.75 Å². The molecule has 0 radical (unpaired) electrons.